The number of ether oxygens (including phenoxy) is 1. The molecule has 2 N–H and O–H groups in total. The zero-order valence-corrected chi connectivity index (χ0v) is 11.7. The molecule has 0 radical (unpaired) electrons. The number of hydrogen-bond acceptors (Lipinski definition) is 3. The lowest BCUT2D eigenvalue weighted by molar-refractivity contribution is -0.121. The third-order valence-electron chi connectivity index (χ3n) is 2.72. The Hall–Kier alpha value is -1.26. The molecule has 0 aromatic rings. The minimum Gasteiger partial charge on any atom is -0.444 e. The summed E-state index contributed by atoms with van der Waals surface area (Å²) in [6.45, 7) is 7.73. The SMILES string of the molecule is CCC(=O)NC(CNC(=O)OC(C)(C)C)C1CC1. The second-order valence-corrected chi connectivity index (χ2v) is 5.75. The van der Waals surface area contributed by atoms with Crippen LogP contribution < -0.4 is 10.6 Å². The summed E-state index contributed by atoms with van der Waals surface area (Å²) < 4.78 is 5.16. The highest BCUT2D eigenvalue weighted by atomic mass is 16.6. The van der Waals surface area contributed by atoms with Crippen LogP contribution in [0.4, 0.5) is 4.79 Å². The summed E-state index contributed by atoms with van der Waals surface area (Å²) in [7, 11) is 0. The first-order valence-corrected chi connectivity index (χ1v) is 6.58. The molecule has 0 bridgehead atoms. The van der Waals surface area contributed by atoms with Crippen molar-refractivity contribution < 1.29 is 14.3 Å². The minimum atomic E-state index is -0.494. The van der Waals surface area contributed by atoms with Crippen molar-refractivity contribution in [2.45, 2.75) is 58.6 Å². The predicted octanol–water partition coefficient (Wildman–Crippen LogP) is 1.82. The third-order valence-corrected chi connectivity index (χ3v) is 2.72. The highest BCUT2D eigenvalue weighted by Gasteiger charge is 2.32. The molecule has 104 valence electrons. The number of hydrogen-bond donors (Lipinski definition) is 2. The van der Waals surface area contributed by atoms with Crippen LogP contribution in [-0.4, -0.2) is 30.2 Å². The van der Waals surface area contributed by atoms with Crippen molar-refractivity contribution in [2.75, 3.05) is 6.54 Å². The summed E-state index contributed by atoms with van der Waals surface area (Å²) in [6.07, 6.45) is 2.27. The van der Waals surface area contributed by atoms with Gasteiger partial charge in [-0.2, -0.15) is 0 Å². The van der Waals surface area contributed by atoms with Crippen LogP contribution in [0.3, 0.4) is 0 Å². The van der Waals surface area contributed by atoms with E-state index in [4.69, 9.17) is 4.74 Å². The first kappa shape index (κ1) is 14.8. The molecule has 0 aromatic heterocycles. The van der Waals surface area contributed by atoms with E-state index in [9.17, 15) is 9.59 Å². The van der Waals surface area contributed by atoms with Crippen molar-refractivity contribution >= 4 is 12.0 Å². The quantitative estimate of drug-likeness (QED) is 0.788. The van der Waals surface area contributed by atoms with Gasteiger partial charge in [0.2, 0.25) is 5.91 Å². The lowest BCUT2D eigenvalue weighted by Gasteiger charge is -2.22. The van der Waals surface area contributed by atoms with E-state index in [0.717, 1.165) is 12.8 Å². The number of nitrogens with one attached hydrogen (secondary N) is 2. The van der Waals surface area contributed by atoms with Gasteiger partial charge in [0.1, 0.15) is 5.60 Å². The Kier molecular flexibility index (Phi) is 4.99. The van der Waals surface area contributed by atoms with Crippen molar-refractivity contribution in [1.82, 2.24) is 10.6 Å². The van der Waals surface area contributed by atoms with Gasteiger partial charge in [0.15, 0.2) is 0 Å². The lowest BCUT2D eigenvalue weighted by atomic mass is 10.2. The molecule has 1 aliphatic carbocycles. The van der Waals surface area contributed by atoms with Crippen LogP contribution in [0.25, 0.3) is 0 Å². The largest absolute Gasteiger partial charge is 0.444 e. The maximum atomic E-state index is 11.5. The average molecular weight is 256 g/mol. The Balaban J connectivity index is 2.33. The molecule has 2 amide bonds. The van der Waals surface area contributed by atoms with Crippen molar-refractivity contribution in [3.63, 3.8) is 0 Å². The van der Waals surface area contributed by atoms with Crippen LogP contribution in [0.1, 0.15) is 47.0 Å². The number of rotatable bonds is 5. The maximum Gasteiger partial charge on any atom is 0.407 e. The maximum absolute atomic E-state index is 11.5. The van der Waals surface area contributed by atoms with Crippen molar-refractivity contribution in [1.29, 1.82) is 0 Å². The van der Waals surface area contributed by atoms with E-state index >= 15 is 0 Å². The molecule has 1 aliphatic rings. The second kappa shape index (κ2) is 6.07. The van der Waals surface area contributed by atoms with Crippen LogP contribution in [0.2, 0.25) is 0 Å². The molecule has 0 spiro atoms. The van der Waals surface area contributed by atoms with Gasteiger partial charge in [0.25, 0.3) is 0 Å². The summed E-state index contributed by atoms with van der Waals surface area (Å²) in [5, 5.41) is 5.65. The van der Waals surface area contributed by atoms with Crippen LogP contribution in [0, 0.1) is 5.92 Å². The first-order valence-electron chi connectivity index (χ1n) is 6.58. The summed E-state index contributed by atoms with van der Waals surface area (Å²) in [6, 6.07) is 0.0324. The van der Waals surface area contributed by atoms with E-state index < -0.39 is 11.7 Å². The van der Waals surface area contributed by atoms with Gasteiger partial charge in [-0.15, -0.1) is 0 Å². The van der Waals surface area contributed by atoms with Gasteiger partial charge in [-0.1, -0.05) is 6.92 Å². The van der Waals surface area contributed by atoms with Gasteiger partial charge in [-0.3, -0.25) is 4.79 Å². The van der Waals surface area contributed by atoms with Gasteiger partial charge < -0.3 is 15.4 Å². The van der Waals surface area contributed by atoms with Gasteiger partial charge in [-0.05, 0) is 39.5 Å². The van der Waals surface area contributed by atoms with Gasteiger partial charge in [0.05, 0.1) is 0 Å². The molecule has 0 saturated heterocycles. The van der Waals surface area contributed by atoms with E-state index in [1.54, 1.807) is 0 Å². The predicted molar refractivity (Wildman–Crippen MR) is 69.2 cm³/mol. The van der Waals surface area contributed by atoms with Crippen molar-refractivity contribution in [3.8, 4) is 0 Å². The molecule has 0 aromatic carbocycles. The molecule has 5 heteroatoms. The fourth-order valence-corrected chi connectivity index (χ4v) is 1.65. The minimum absolute atomic E-state index is 0.0258. The molecule has 1 rings (SSSR count). The Bertz CT molecular complexity index is 306. The number of carbonyl (C=O) groups excluding carboxylic acids is 2. The molecule has 1 saturated carbocycles. The zero-order valence-electron chi connectivity index (χ0n) is 11.7. The van der Waals surface area contributed by atoms with Crippen molar-refractivity contribution in [2.24, 2.45) is 5.92 Å². The highest BCUT2D eigenvalue weighted by molar-refractivity contribution is 5.76. The number of amides is 2. The molecule has 18 heavy (non-hydrogen) atoms. The van der Waals surface area contributed by atoms with Crippen LogP contribution in [0.5, 0.6) is 0 Å². The summed E-state index contributed by atoms with van der Waals surface area (Å²) in [4.78, 5) is 22.9. The van der Waals surface area contributed by atoms with Crippen LogP contribution in [0.15, 0.2) is 0 Å². The molecule has 1 unspecified atom stereocenters. The van der Waals surface area contributed by atoms with Gasteiger partial charge in [0, 0.05) is 19.0 Å². The Labute approximate surface area is 109 Å². The summed E-state index contributed by atoms with van der Waals surface area (Å²) in [5.41, 5.74) is -0.494. The number of alkyl carbamates (subject to hydrolysis) is 1. The lowest BCUT2D eigenvalue weighted by Crippen LogP contribution is -2.45. The molecule has 1 atom stereocenters. The summed E-state index contributed by atoms with van der Waals surface area (Å²) >= 11 is 0. The van der Waals surface area contributed by atoms with E-state index in [1.165, 1.54) is 0 Å². The van der Waals surface area contributed by atoms with E-state index in [2.05, 4.69) is 10.6 Å². The third kappa shape index (κ3) is 5.89. The van der Waals surface area contributed by atoms with E-state index in [1.807, 2.05) is 27.7 Å². The molecule has 1 fully saturated rings. The zero-order chi connectivity index (χ0) is 13.8. The number of carbonyl (C=O) groups is 2. The first-order chi connectivity index (χ1) is 8.31. The van der Waals surface area contributed by atoms with E-state index in [0.29, 0.717) is 18.9 Å². The second-order valence-electron chi connectivity index (χ2n) is 5.75. The Morgan fingerprint density at radius 3 is 2.39 bits per heavy atom. The smallest absolute Gasteiger partial charge is 0.407 e. The Morgan fingerprint density at radius 2 is 1.94 bits per heavy atom. The van der Waals surface area contributed by atoms with Crippen LogP contribution in [-0.2, 0) is 9.53 Å². The topological polar surface area (TPSA) is 67.4 Å². The molecule has 5 nitrogen and oxygen atoms in total. The average Bonchev–Trinajstić information content (AvgIpc) is 3.04. The summed E-state index contributed by atoms with van der Waals surface area (Å²) in [5.74, 6) is 0.522. The van der Waals surface area contributed by atoms with E-state index in [-0.39, 0.29) is 11.9 Å². The fraction of sp³-hybridized carbons (Fsp3) is 0.846. The molecular weight excluding hydrogens is 232 g/mol. The highest BCUT2D eigenvalue weighted by Crippen LogP contribution is 2.32. The standard InChI is InChI=1S/C13H24N2O3/c1-5-11(16)15-10(9-6-7-9)8-14-12(17)18-13(2,3)4/h9-10H,5-8H2,1-4H3,(H,14,17)(H,15,16). The fourth-order valence-electron chi connectivity index (χ4n) is 1.65. The van der Waals surface area contributed by atoms with Crippen molar-refractivity contribution in [3.05, 3.63) is 0 Å². The van der Waals surface area contributed by atoms with Gasteiger partial charge in [-0.25, -0.2) is 4.79 Å². The molecule has 0 heterocycles. The molecule has 0 aliphatic heterocycles. The molecular formula is C13H24N2O3. The Morgan fingerprint density at radius 1 is 1.33 bits per heavy atom. The van der Waals surface area contributed by atoms with Crippen LogP contribution >= 0.6 is 0 Å². The van der Waals surface area contributed by atoms with Gasteiger partial charge >= 0.3 is 6.09 Å². The monoisotopic (exact) mass is 256 g/mol. The normalized spacial score (nSPS) is 16.9.